The Labute approximate surface area is 170 Å². The number of carbonyl (C=O) groups is 1. The van der Waals surface area contributed by atoms with Crippen molar-refractivity contribution < 1.29 is 27.2 Å². The van der Waals surface area contributed by atoms with E-state index in [0.717, 1.165) is 12.1 Å². The van der Waals surface area contributed by atoms with E-state index < -0.39 is 6.36 Å². The lowest BCUT2D eigenvalue weighted by Gasteiger charge is -2.16. The molecule has 0 saturated carbocycles. The second-order valence-corrected chi connectivity index (χ2v) is 6.96. The molecule has 1 aliphatic heterocycles. The first kappa shape index (κ1) is 19.9. The quantitative estimate of drug-likeness (QED) is 0.601. The van der Waals surface area contributed by atoms with Gasteiger partial charge in [0, 0.05) is 30.1 Å². The van der Waals surface area contributed by atoms with Gasteiger partial charge < -0.3 is 14.2 Å². The molecule has 0 radical (unpaired) electrons. The van der Waals surface area contributed by atoms with Crippen LogP contribution in [0.15, 0.2) is 53.1 Å². The summed E-state index contributed by atoms with van der Waals surface area (Å²) in [4.78, 5) is 18.5. The van der Waals surface area contributed by atoms with Crippen molar-refractivity contribution in [2.24, 2.45) is 0 Å². The molecular formula is C21H18F3N3O3. The Morgan fingerprint density at radius 2 is 1.97 bits per heavy atom. The zero-order valence-corrected chi connectivity index (χ0v) is 16.0. The molecule has 2 aromatic carbocycles. The number of amides is 1. The van der Waals surface area contributed by atoms with E-state index in [1.807, 2.05) is 24.3 Å². The summed E-state index contributed by atoms with van der Waals surface area (Å²) in [5.41, 5.74) is 2.29. The number of alkyl halides is 3. The summed E-state index contributed by atoms with van der Waals surface area (Å²) in [6, 6.07) is 13.1. The van der Waals surface area contributed by atoms with Crippen LogP contribution in [0.3, 0.4) is 0 Å². The number of aryl methyl sites for hydroxylation is 1. The van der Waals surface area contributed by atoms with Gasteiger partial charge in [0.25, 0.3) is 5.89 Å². The summed E-state index contributed by atoms with van der Waals surface area (Å²) in [6.07, 6.45) is -3.65. The molecule has 1 aliphatic rings. The molecule has 0 N–H and O–H groups in total. The number of hydrogen-bond acceptors (Lipinski definition) is 5. The summed E-state index contributed by atoms with van der Waals surface area (Å²) < 4.78 is 46.4. The molecule has 1 aromatic heterocycles. The third-order valence-corrected chi connectivity index (χ3v) is 4.90. The summed E-state index contributed by atoms with van der Waals surface area (Å²) in [5.74, 6) is -0.284. The van der Waals surface area contributed by atoms with Crippen LogP contribution < -0.4 is 9.64 Å². The lowest BCUT2D eigenvalue weighted by Crippen LogP contribution is -2.24. The lowest BCUT2D eigenvalue weighted by molar-refractivity contribution is -0.274. The second-order valence-electron chi connectivity index (χ2n) is 6.96. The zero-order chi connectivity index (χ0) is 21.3. The predicted octanol–water partition coefficient (Wildman–Crippen LogP) is 4.72. The highest BCUT2D eigenvalue weighted by Gasteiger charge is 2.35. The Hall–Kier alpha value is -3.36. The number of ether oxygens (including phenoxy) is 1. The van der Waals surface area contributed by atoms with Gasteiger partial charge in [-0.1, -0.05) is 30.3 Å². The van der Waals surface area contributed by atoms with Gasteiger partial charge in [-0.2, -0.15) is 4.98 Å². The Balaban J connectivity index is 1.50. The SMILES string of the molecule is CCc1ccc(N2C[C@H](c3noc(-c4cccc(OC(F)(F)F)c4)n3)CC2=O)cc1. The maximum absolute atomic E-state index is 12.5. The van der Waals surface area contributed by atoms with Crippen LogP contribution in [0.1, 0.15) is 30.7 Å². The van der Waals surface area contributed by atoms with Crippen LogP contribution in [-0.4, -0.2) is 29.0 Å². The molecule has 2 heterocycles. The van der Waals surface area contributed by atoms with Crippen LogP contribution in [-0.2, 0) is 11.2 Å². The van der Waals surface area contributed by atoms with Gasteiger partial charge in [0.2, 0.25) is 5.91 Å². The summed E-state index contributed by atoms with van der Waals surface area (Å²) in [7, 11) is 0. The van der Waals surface area contributed by atoms with Gasteiger partial charge in [-0.05, 0) is 42.3 Å². The molecule has 6 nitrogen and oxygen atoms in total. The Morgan fingerprint density at radius 3 is 2.67 bits per heavy atom. The standard InChI is InChI=1S/C21H18F3N3O3/c1-2-13-6-8-16(9-7-13)27-12-15(11-18(27)28)19-25-20(30-26-19)14-4-3-5-17(10-14)29-21(22,23)24/h3-10,15H,2,11-12H2,1H3/t15-/m1/s1. The third-order valence-electron chi connectivity index (χ3n) is 4.90. The van der Waals surface area contributed by atoms with Gasteiger partial charge in [-0.25, -0.2) is 0 Å². The van der Waals surface area contributed by atoms with E-state index in [0.29, 0.717) is 17.9 Å². The van der Waals surface area contributed by atoms with E-state index in [9.17, 15) is 18.0 Å². The normalized spacial score (nSPS) is 16.9. The van der Waals surface area contributed by atoms with Crippen LogP contribution in [0.2, 0.25) is 0 Å². The Bertz CT molecular complexity index is 1050. The van der Waals surface area contributed by atoms with Crippen molar-refractivity contribution in [3.63, 3.8) is 0 Å². The number of halogens is 3. The second kappa shape index (κ2) is 7.81. The largest absolute Gasteiger partial charge is 0.573 e. The molecule has 156 valence electrons. The Kier molecular flexibility index (Phi) is 5.19. The summed E-state index contributed by atoms with van der Waals surface area (Å²) in [5, 5.41) is 3.94. The van der Waals surface area contributed by atoms with Crippen molar-refractivity contribution in [3.05, 3.63) is 59.9 Å². The molecule has 0 unspecified atom stereocenters. The van der Waals surface area contributed by atoms with E-state index in [1.54, 1.807) is 11.0 Å². The fraction of sp³-hybridized carbons (Fsp3) is 0.286. The van der Waals surface area contributed by atoms with Gasteiger partial charge >= 0.3 is 6.36 Å². The fourth-order valence-corrected chi connectivity index (χ4v) is 3.39. The lowest BCUT2D eigenvalue weighted by atomic mass is 10.1. The summed E-state index contributed by atoms with van der Waals surface area (Å²) >= 11 is 0. The Morgan fingerprint density at radius 1 is 1.20 bits per heavy atom. The van der Waals surface area contributed by atoms with Crippen LogP contribution in [0.25, 0.3) is 11.5 Å². The fourth-order valence-electron chi connectivity index (χ4n) is 3.39. The minimum Gasteiger partial charge on any atom is -0.406 e. The molecule has 1 saturated heterocycles. The van der Waals surface area contributed by atoms with Crippen molar-refractivity contribution in [1.82, 2.24) is 10.1 Å². The molecule has 1 fully saturated rings. The molecule has 0 aliphatic carbocycles. The molecule has 0 spiro atoms. The minimum absolute atomic E-state index is 0.0452. The number of aromatic nitrogens is 2. The first-order valence-corrected chi connectivity index (χ1v) is 9.41. The minimum atomic E-state index is -4.79. The first-order chi connectivity index (χ1) is 14.3. The van der Waals surface area contributed by atoms with Crippen molar-refractivity contribution in [3.8, 4) is 17.2 Å². The van der Waals surface area contributed by atoms with Gasteiger partial charge in [-0.3, -0.25) is 4.79 Å². The van der Waals surface area contributed by atoms with Crippen LogP contribution >= 0.6 is 0 Å². The molecule has 1 atom stereocenters. The highest BCUT2D eigenvalue weighted by molar-refractivity contribution is 5.96. The molecule has 0 bridgehead atoms. The van der Waals surface area contributed by atoms with E-state index in [1.165, 1.54) is 23.8 Å². The highest BCUT2D eigenvalue weighted by Crippen LogP contribution is 2.32. The van der Waals surface area contributed by atoms with Crippen molar-refractivity contribution >= 4 is 11.6 Å². The maximum Gasteiger partial charge on any atom is 0.573 e. The third kappa shape index (κ3) is 4.29. The van der Waals surface area contributed by atoms with Gasteiger partial charge in [-0.15, -0.1) is 13.2 Å². The summed E-state index contributed by atoms with van der Waals surface area (Å²) in [6.45, 7) is 2.46. The molecular weight excluding hydrogens is 399 g/mol. The average Bonchev–Trinajstić information content (AvgIpc) is 3.34. The smallest absolute Gasteiger partial charge is 0.406 e. The van der Waals surface area contributed by atoms with Gasteiger partial charge in [0.05, 0.1) is 0 Å². The number of benzene rings is 2. The molecule has 1 amide bonds. The van der Waals surface area contributed by atoms with Crippen LogP contribution in [0, 0.1) is 0 Å². The van der Waals surface area contributed by atoms with Crippen LogP contribution in [0.4, 0.5) is 18.9 Å². The molecule has 9 heteroatoms. The molecule has 3 aromatic rings. The number of nitrogens with zero attached hydrogens (tertiary/aromatic N) is 3. The number of carbonyl (C=O) groups excluding carboxylic acids is 1. The zero-order valence-electron chi connectivity index (χ0n) is 16.0. The molecule has 30 heavy (non-hydrogen) atoms. The first-order valence-electron chi connectivity index (χ1n) is 9.41. The molecule has 4 rings (SSSR count). The van der Waals surface area contributed by atoms with E-state index in [-0.39, 0.29) is 29.9 Å². The van der Waals surface area contributed by atoms with Crippen LogP contribution in [0.5, 0.6) is 5.75 Å². The topological polar surface area (TPSA) is 68.5 Å². The van der Waals surface area contributed by atoms with E-state index in [4.69, 9.17) is 4.52 Å². The van der Waals surface area contributed by atoms with Crippen molar-refractivity contribution in [1.29, 1.82) is 0 Å². The highest BCUT2D eigenvalue weighted by atomic mass is 19.4. The van der Waals surface area contributed by atoms with E-state index >= 15 is 0 Å². The monoisotopic (exact) mass is 417 g/mol. The van der Waals surface area contributed by atoms with E-state index in [2.05, 4.69) is 21.8 Å². The number of rotatable bonds is 5. The number of anilines is 1. The van der Waals surface area contributed by atoms with Crippen molar-refractivity contribution in [2.75, 3.05) is 11.4 Å². The van der Waals surface area contributed by atoms with Crippen molar-refractivity contribution in [2.45, 2.75) is 32.0 Å². The average molecular weight is 417 g/mol. The van der Waals surface area contributed by atoms with Gasteiger partial charge in [0.15, 0.2) is 5.82 Å². The predicted molar refractivity (Wildman–Crippen MR) is 102 cm³/mol. The van der Waals surface area contributed by atoms with Gasteiger partial charge in [0.1, 0.15) is 5.75 Å². The maximum atomic E-state index is 12.5. The number of hydrogen-bond donors (Lipinski definition) is 0.